The summed E-state index contributed by atoms with van der Waals surface area (Å²) < 4.78 is 5.11. The van der Waals surface area contributed by atoms with Crippen molar-refractivity contribution in [2.45, 2.75) is 27.2 Å². The van der Waals surface area contributed by atoms with Crippen LogP contribution in [0.1, 0.15) is 27.2 Å². The summed E-state index contributed by atoms with van der Waals surface area (Å²) in [5, 5.41) is 0. The van der Waals surface area contributed by atoms with Crippen LogP contribution in [0.5, 0.6) is 0 Å². The van der Waals surface area contributed by atoms with Gasteiger partial charge in [-0.3, -0.25) is 4.79 Å². The molecule has 1 rings (SSSR count). The van der Waals surface area contributed by atoms with Gasteiger partial charge in [0, 0.05) is 5.92 Å². The van der Waals surface area contributed by atoms with E-state index in [0.29, 0.717) is 24.4 Å². The molecular weight excluding hydrogens is 212 g/mol. The predicted molar refractivity (Wildman–Crippen MR) is 61.9 cm³/mol. The number of hydrogen-bond acceptors (Lipinski definition) is 2. The van der Waals surface area contributed by atoms with Crippen LogP contribution in [0.3, 0.4) is 0 Å². The summed E-state index contributed by atoms with van der Waals surface area (Å²) in [7, 11) is 0. The molecule has 0 N–H and O–H groups in total. The summed E-state index contributed by atoms with van der Waals surface area (Å²) >= 11 is 5.38. The van der Waals surface area contributed by atoms with Crippen LogP contribution in [0.2, 0.25) is 0 Å². The summed E-state index contributed by atoms with van der Waals surface area (Å²) in [5.41, 5.74) is 1.44. The molecule has 0 aromatic rings. The number of alkyl halides is 1. The van der Waals surface area contributed by atoms with Crippen molar-refractivity contribution in [3.8, 4) is 0 Å². The number of rotatable bonds is 3. The minimum Gasteiger partial charge on any atom is -0.464 e. The highest BCUT2D eigenvalue weighted by molar-refractivity contribution is 6.26. The van der Waals surface area contributed by atoms with Gasteiger partial charge in [0.1, 0.15) is 5.88 Å². The van der Waals surface area contributed by atoms with Gasteiger partial charge in [0.05, 0.1) is 6.61 Å². The average Bonchev–Trinajstić information content (AvgIpc) is 2.15. The van der Waals surface area contributed by atoms with Crippen molar-refractivity contribution in [1.29, 1.82) is 0 Å². The Morgan fingerprint density at radius 2 is 2.27 bits per heavy atom. The molecule has 1 aliphatic rings. The normalized spacial score (nSPS) is 30.9. The first-order valence-electron chi connectivity index (χ1n) is 5.43. The van der Waals surface area contributed by atoms with Crippen molar-refractivity contribution in [1.82, 2.24) is 0 Å². The fraction of sp³-hybridized carbons (Fsp3) is 0.750. The smallest absolute Gasteiger partial charge is 0.320 e. The number of carbonyl (C=O) groups is 1. The SMILES string of the molecule is CC1=C[C@H](C)[C@H](COC(=O)CCl)[C@@H](C)C1. The second kappa shape index (κ2) is 5.55. The molecule has 3 atom stereocenters. The Bertz CT molecular complexity index is 260. The summed E-state index contributed by atoms with van der Waals surface area (Å²) in [5.74, 6) is 1.12. The highest BCUT2D eigenvalue weighted by atomic mass is 35.5. The predicted octanol–water partition coefficient (Wildman–Crippen LogP) is 3.01. The van der Waals surface area contributed by atoms with E-state index >= 15 is 0 Å². The number of allylic oxidation sites excluding steroid dienone is 2. The molecule has 0 spiro atoms. The molecule has 2 nitrogen and oxygen atoms in total. The summed E-state index contributed by atoms with van der Waals surface area (Å²) in [6.07, 6.45) is 3.38. The number of hydrogen-bond donors (Lipinski definition) is 0. The van der Waals surface area contributed by atoms with Gasteiger partial charge < -0.3 is 4.74 Å². The van der Waals surface area contributed by atoms with Crippen molar-refractivity contribution in [3.05, 3.63) is 11.6 Å². The van der Waals surface area contributed by atoms with Crippen LogP contribution >= 0.6 is 11.6 Å². The van der Waals surface area contributed by atoms with E-state index in [4.69, 9.17) is 16.3 Å². The molecule has 0 saturated carbocycles. The Hall–Kier alpha value is -0.500. The Labute approximate surface area is 96.6 Å². The second-order valence-corrected chi connectivity index (χ2v) is 4.80. The lowest BCUT2D eigenvalue weighted by atomic mass is 9.75. The monoisotopic (exact) mass is 230 g/mol. The van der Waals surface area contributed by atoms with Gasteiger partial charge in [-0.25, -0.2) is 0 Å². The van der Waals surface area contributed by atoms with Gasteiger partial charge in [0.25, 0.3) is 0 Å². The van der Waals surface area contributed by atoms with Crippen molar-refractivity contribution in [2.75, 3.05) is 12.5 Å². The molecule has 86 valence electrons. The molecule has 0 unspecified atom stereocenters. The topological polar surface area (TPSA) is 26.3 Å². The minimum atomic E-state index is -0.317. The first-order chi connectivity index (χ1) is 7.04. The number of esters is 1. The van der Waals surface area contributed by atoms with Crippen LogP contribution < -0.4 is 0 Å². The Morgan fingerprint density at radius 3 is 2.80 bits per heavy atom. The fourth-order valence-electron chi connectivity index (χ4n) is 2.36. The van der Waals surface area contributed by atoms with E-state index in [-0.39, 0.29) is 11.8 Å². The van der Waals surface area contributed by atoms with Gasteiger partial charge in [0.2, 0.25) is 0 Å². The van der Waals surface area contributed by atoms with Crippen LogP contribution in [0, 0.1) is 17.8 Å². The minimum absolute atomic E-state index is 0.0512. The zero-order chi connectivity index (χ0) is 11.4. The molecule has 3 heteroatoms. The van der Waals surface area contributed by atoms with Crippen LogP contribution in [-0.4, -0.2) is 18.5 Å². The molecule has 0 heterocycles. The molecule has 0 saturated heterocycles. The zero-order valence-corrected chi connectivity index (χ0v) is 10.4. The largest absolute Gasteiger partial charge is 0.464 e. The fourth-order valence-corrected chi connectivity index (χ4v) is 2.44. The van der Waals surface area contributed by atoms with Crippen molar-refractivity contribution in [2.24, 2.45) is 17.8 Å². The second-order valence-electron chi connectivity index (χ2n) is 4.53. The summed E-state index contributed by atoms with van der Waals surface area (Å²) in [6.45, 7) is 7.05. The van der Waals surface area contributed by atoms with Crippen molar-refractivity contribution < 1.29 is 9.53 Å². The average molecular weight is 231 g/mol. The Balaban J connectivity index is 2.50. The molecule has 0 radical (unpaired) electrons. The molecule has 15 heavy (non-hydrogen) atoms. The van der Waals surface area contributed by atoms with Gasteiger partial charge >= 0.3 is 5.97 Å². The third kappa shape index (κ3) is 3.53. The van der Waals surface area contributed by atoms with Gasteiger partial charge in [-0.15, -0.1) is 11.6 Å². The van der Waals surface area contributed by atoms with E-state index in [1.165, 1.54) is 5.57 Å². The highest BCUT2D eigenvalue weighted by Crippen LogP contribution is 2.33. The maximum absolute atomic E-state index is 11.0. The third-order valence-electron chi connectivity index (χ3n) is 3.14. The first kappa shape index (κ1) is 12.6. The lowest BCUT2D eigenvalue weighted by Crippen LogP contribution is -2.28. The lowest BCUT2D eigenvalue weighted by Gasteiger charge is -2.32. The number of halogens is 1. The van der Waals surface area contributed by atoms with Gasteiger partial charge in [-0.1, -0.05) is 25.5 Å². The molecule has 0 aromatic heterocycles. The van der Waals surface area contributed by atoms with Crippen molar-refractivity contribution in [3.63, 3.8) is 0 Å². The van der Waals surface area contributed by atoms with E-state index in [2.05, 4.69) is 26.8 Å². The lowest BCUT2D eigenvalue weighted by molar-refractivity contribution is -0.142. The first-order valence-corrected chi connectivity index (χ1v) is 5.97. The van der Waals surface area contributed by atoms with E-state index in [1.807, 2.05) is 0 Å². The molecule has 0 aliphatic heterocycles. The van der Waals surface area contributed by atoms with Gasteiger partial charge in [-0.05, 0) is 25.2 Å². The maximum atomic E-state index is 11.0. The molecular formula is C12H19ClO2. The maximum Gasteiger partial charge on any atom is 0.320 e. The van der Waals surface area contributed by atoms with Crippen molar-refractivity contribution >= 4 is 17.6 Å². The van der Waals surface area contributed by atoms with Crippen LogP contribution in [-0.2, 0) is 9.53 Å². The summed E-state index contributed by atoms with van der Waals surface area (Å²) in [6, 6.07) is 0. The molecule has 0 aromatic carbocycles. The Morgan fingerprint density at radius 1 is 1.60 bits per heavy atom. The van der Waals surface area contributed by atoms with Crippen LogP contribution in [0.15, 0.2) is 11.6 Å². The van der Waals surface area contributed by atoms with E-state index < -0.39 is 0 Å². The zero-order valence-electron chi connectivity index (χ0n) is 9.63. The van der Waals surface area contributed by atoms with E-state index in [9.17, 15) is 4.79 Å². The molecule has 0 amide bonds. The molecule has 0 fully saturated rings. The third-order valence-corrected chi connectivity index (χ3v) is 3.36. The highest BCUT2D eigenvalue weighted by Gasteiger charge is 2.27. The van der Waals surface area contributed by atoms with E-state index in [0.717, 1.165) is 6.42 Å². The van der Waals surface area contributed by atoms with E-state index in [1.54, 1.807) is 0 Å². The van der Waals surface area contributed by atoms with Gasteiger partial charge in [0.15, 0.2) is 0 Å². The van der Waals surface area contributed by atoms with Crippen LogP contribution in [0.4, 0.5) is 0 Å². The number of ether oxygens (including phenoxy) is 1. The van der Waals surface area contributed by atoms with Crippen LogP contribution in [0.25, 0.3) is 0 Å². The molecule has 1 aliphatic carbocycles. The quantitative estimate of drug-likeness (QED) is 0.423. The Kier molecular flexibility index (Phi) is 4.65. The van der Waals surface area contributed by atoms with Gasteiger partial charge in [-0.2, -0.15) is 0 Å². The standard InChI is InChI=1S/C12H19ClO2/c1-8-4-9(2)11(10(3)5-8)7-15-12(14)6-13/h4,9-11H,5-7H2,1-3H3/t9-,10-,11-/m0/s1. The summed E-state index contributed by atoms with van der Waals surface area (Å²) in [4.78, 5) is 11.0. The number of carbonyl (C=O) groups excluding carboxylic acids is 1. The molecule has 0 bridgehead atoms.